The Kier molecular flexibility index (Phi) is 4.12. The Morgan fingerprint density at radius 2 is 1.10 bits per heavy atom. The van der Waals surface area contributed by atoms with Crippen LogP contribution in [0.25, 0.3) is 21.8 Å². The van der Waals surface area contributed by atoms with E-state index in [-0.39, 0.29) is 0 Å². The van der Waals surface area contributed by atoms with Crippen molar-refractivity contribution in [1.82, 2.24) is 0 Å². The number of nitrogens with two attached hydrogens (primary N) is 2. The Morgan fingerprint density at radius 1 is 0.714 bits per heavy atom. The molecular formula is C13H12ClN3O4. The third kappa shape index (κ3) is 4.42. The molecule has 0 fully saturated rings. The van der Waals surface area contributed by atoms with Gasteiger partial charge in [0, 0.05) is 34.3 Å². The van der Waals surface area contributed by atoms with Gasteiger partial charge in [-0.3, -0.25) is 0 Å². The van der Waals surface area contributed by atoms with Gasteiger partial charge in [0.15, 0.2) is 0 Å². The van der Waals surface area contributed by atoms with E-state index in [9.17, 15) is 0 Å². The van der Waals surface area contributed by atoms with Crippen LogP contribution in [0.4, 0.5) is 11.4 Å². The third-order valence-corrected chi connectivity index (χ3v) is 2.74. The largest absolute Gasteiger partial charge is 0.399 e. The lowest BCUT2D eigenvalue weighted by Gasteiger charge is -2.17. The van der Waals surface area contributed by atoms with Gasteiger partial charge < -0.3 is 11.5 Å². The molecular weight excluding hydrogens is 298 g/mol. The van der Waals surface area contributed by atoms with Crippen LogP contribution in [-0.2, 0) is 0 Å². The maximum Gasteiger partial charge on any atom is 0.213 e. The Bertz CT molecular complexity index is 726. The Hall–Kier alpha value is -2.16. The molecule has 0 bridgehead atoms. The summed E-state index contributed by atoms with van der Waals surface area (Å²) in [4.78, 5) is 3.33. The number of nitrogen functional groups attached to an aromatic ring is 2. The highest BCUT2D eigenvalue weighted by atomic mass is 35.7. The minimum absolute atomic E-state index is 0.756. The molecule has 3 rings (SSSR count). The molecule has 110 valence electrons. The van der Waals surface area contributed by atoms with Crippen molar-refractivity contribution in [1.29, 1.82) is 0 Å². The van der Waals surface area contributed by atoms with Crippen LogP contribution in [-0.4, -0.2) is 0 Å². The molecule has 1 heterocycles. The zero-order valence-corrected chi connectivity index (χ0v) is 11.5. The van der Waals surface area contributed by atoms with Crippen molar-refractivity contribution in [3.05, 3.63) is 42.5 Å². The molecule has 3 aromatic rings. The number of H-pyrrole nitrogens is 1. The van der Waals surface area contributed by atoms with Crippen molar-refractivity contribution in [2.45, 2.75) is 0 Å². The van der Waals surface area contributed by atoms with E-state index in [1.807, 2.05) is 36.4 Å². The fourth-order valence-electron chi connectivity index (χ4n) is 1.93. The summed E-state index contributed by atoms with van der Waals surface area (Å²) in [6.45, 7) is 0. The van der Waals surface area contributed by atoms with Crippen LogP contribution < -0.4 is 35.1 Å². The zero-order chi connectivity index (χ0) is 15.6. The van der Waals surface area contributed by atoms with Crippen LogP contribution in [0.15, 0.2) is 42.5 Å². The van der Waals surface area contributed by atoms with Crippen molar-refractivity contribution in [3.63, 3.8) is 0 Å². The number of aromatic amines is 1. The van der Waals surface area contributed by atoms with Gasteiger partial charge in [-0.15, -0.1) is 10.2 Å². The minimum Gasteiger partial charge on any atom is -0.399 e. The fraction of sp³-hybridized carbons (Fsp3) is 0. The second-order valence-corrected chi connectivity index (χ2v) is 5.10. The second kappa shape index (κ2) is 5.68. The molecule has 5 N–H and O–H groups in total. The fourth-order valence-corrected chi connectivity index (χ4v) is 1.93. The first kappa shape index (κ1) is 15.2. The third-order valence-electron chi connectivity index (χ3n) is 2.74. The molecule has 0 atom stereocenters. The Balaban J connectivity index is 0.000000282. The number of nitrogens with one attached hydrogen (secondary N) is 1. The van der Waals surface area contributed by atoms with Gasteiger partial charge in [-0.25, -0.2) is 23.6 Å². The Labute approximate surface area is 121 Å². The number of aromatic nitrogens is 1. The number of rotatable bonds is 0. The summed E-state index contributed by atoms with van der Waals surface area (Å²) in [5.41, 5.74) is 15.1. The monoisotopic (exact) mass is 309 g/mol. The van der Waals surface area contributed by atoms with Crippen molar-refractivity contribution < 1.29 is 33.9 Å². The number of anilines is 2. The summed E-state index contributed by atoms with van der Waals surface area (Å²) >= 11 is 0. The summed E-state index contributed by atoms with van der Waals surface area (Å²) < 4.78 is 34.0. The minimum atomic E-state index is -4.94. The van der Waals surface area contributed by atoms with E-state index in [0.29, 0.717) is 0 Å². The standard InChI is InChI=1S/C13H11N3.ClHO4/c14-10-3-1-8-5-9-2-4-11(15)7-13(9)16-12(8)6-10;2-1(3,4)5/h1-7H,14-15H2;(H,2,3,4,5). The number of hydrogen-bond donors (Lipinski definition) is 2. The van der Waals surface area contributed by atoms with Crippen LogP contribution in [0.2, 0.25) is 0 Å². The molecule has 1 aromatic heterocycles. The summed E-state index contributed by atoms with van der Waals surface area (Å²) in [5.74, 6) is 0. The molecule has 0 saturated heterocycles. The Morgan fingerprint density at radius 3 is 1.48 bits per heavy atom. The molecule has 0 unspecified atom stereocenters. The van der Waals surface area contributed by atoms with E-state index in [1.165, 1.54) is 0 Å². The van der Waals surface area contributed by atoms with Crippen molar-refractivity contribution in [2.24, 2.45) is 0 Å². The summed E-state index contributed by atoms with van der Waals surface area (Å²) in [5, 5.41) is 2.29. The molecule has 0 aliphatic carbocycles. The number of pyridine rings is 1. The summed E-state index contributed by atoms with van der Waals surface area (Å²) in [7, 11) is -4.94. The van der Waals surface area contributed by atoms with Gasteiger partial charge in [-0.2, -0.15) is 0 Å². The van der Waals surface area contributed by atoms with Crippen LogP contribution in [0.5, 0.6) is 0 Å². The molecule has 0 radical (unpaired) electrons. The first-order valence-electron chi connectivity index (χ1n) is 5.75. The lowest BCUT2D eigenvalue weighted by Crippen LogP contribution is -2.68. The van der Waals surface area contributed by atoms with Crippen molar-refractivity contribution >= 4 is 33.2 Å². The van der Waals surface area contributed by atoms with E-state index in [1.54, 1.807) is 0 Å². The van der Waals surface area contributed by atoms with Gasteiger partial charge in [0.1, 0.15) is 0 Å². The van der Waals surface area contributed by atoms with Crippen molar-refractivity contribution in [3.8, 4) is 0 Å². The molecule has 0 aliphatic rings. The van der Waals surface area contributed by atoms with Gasteiger partial charge in [0.2, 0.25) is 11.0 Å². The van der Waals surface area contributed by atoms with Gasteiger partial charge in [-0.1, -0.05) is 0 Å². The van der Waals surface area contributed by atoms with E-state index >= 15 is 0 Å². The highest BCUT2D eigenvalue weighted by Gasteiger charge is 2.06. The number of benzene rings is 2. The maximum absolute atomic E-state index is 8.49. The number of fused-ring (bicyclic) bond motifs is 2. The topological polar surface area (TPSA) is 158 Å². The predicted octanol–water partition coefficient (Wildman–Crippen LogP) is -2.78. The van der Waals surface area contributed by atoms with Crippen LogP contribution in [0, 0.1) is 10.2 Å². The van der Waals surface area contributed by atoms with Crippen LogP contribution in [0.3, 0.4) is 0 Å². The molecule has 8 heteroatoms. The van der Waals surface area contributed by atoms with E-state index in [2.05, 4.69) is 11.1 Å². The summed E-state index contributed by atoms with van der Waals surface area (Å²) in [6.07, 6.45) is 0. The highest BCUT2D eigenvalue weighted by molar-refractivity contribution is 5.90. The molecule has 0 amide bonds. The van der Waals surface area contributed by atoms with Crippen LogP contribution in [0.1, 0.15) is 0 Å². The lowest BCUT2D eigenvalue weighted by atomic mass is 10.1. The second-order valence-electron chi connectivity index (χ2n) is 4.34. The number of halogens is 1. The molecule has 21 heavy (non-hydrogen) atoms. The van der Waals surface area contributed by atoms with E-state index < -0.39 is 10.2 Å². The predicted molar refractivity (Wildman–Crippen MR) is 66.8 cm³/mol. The zero-order valence-electron chi connectivity index (χ0n) is 10.7. The SMILES string of the molecule is Nc1ccc2cc3ccc(N)cc3[nH+]c2c1.[O-][Cl+3]([O-])([O-])[O-]. The average molecular weight is 310 g/mol. The molecule has 0 aliphatic heterocycles. The van der Waals surface area contributed by atoms with Gasteiger partial charge in [0.05, 0.1) is 0 Å². The van der Waals surface area contributed by atoms with E-state index in [4.69, 9.17) is 30.1 Å². The quantitative estimate of drug-likeness (QED) is 0.337. The lowest BCUT2D eigenvalue weighted by molar-refractivity contribution is -2.00. The molecule has 0 spiro atoms. The van der Waals surface area contributed by atoms with Crippen molar-refractivity contribution in [2.75, 3.05) is 11.5 Å². The summed E-state index contributed by atoms with van der Waals surface area (Å²) in [6, 6.07) is 13.8. The highest BCUT2D eigenvalue weighted by Crippen LogP contribution is 2.19. The number of hydrogen-bond acceptors (Lipinski definition) is 6. The first-order chi connectivity index (χ1) is 9.72. The molecule has 7 nitrogen and oxygen atoms in total. The van der Waals surface area contributed by atoms with Gasteiger partial charge in [-0.05, 0) is 30.3 Å². The average Bonchev–Trinajstić information content (AvgIpc) is 2.34. The molecule has 0 saturated carbocycles. The normalized spacial score (nSPS) is 11.2. The van der Waals surface area contributed by atoms with Crippen LogP contribution >= 0.6 is 0 Å². The molecule has 2 aromatic carbocycles. The van der Waals surface area contributed by atoms with Gasteiger partial charge >= 0.3 is 0 Å². The maximum atomic E-state index is 8.49. The smallest absolute Gasteiger partial charge is 0.213 e. The van der Waals surface area contributed by atoms with E-state index in [0.717, 1.165) is 33.2 Å². The first-order valence-corrected chi connectivity index (χ1v) is 6.98. The van der Waals surface area contributed by atoms with Gasteiger partial charge in [0.25, 0.3) is 0 Å².